The Morgan fingerprint density at radius 1 is 0.946 bits per heavy atom. The van der Waals surface area contributed by atoms with Gasteiger partial charge in [-0.2, -0.15) is 9.56 Å². The van der Waals surface area contributed by atoms with E-state index in [1.165, 1.54) is 89.4 Å². The molecule has 0 radical (unpaired) electrons. The highest BCUT2D eigenvalue weighted by Crippen LogP contribution is 2.25. The summed E-state index contributed by atoms with van der Waals surface area (Å²) in [6.07, 6.45) is 26.3. The molecule has 17 heteroatoms. The number of rotatable bonds is 32. The van der Waals surface area contributed by atoms with E-state index in [1.807, 2.05) is 17.1 Å². The first-order chi connectivity index (χ1) is 27.1. The summed E-state index contributed by atoms with van der Waals surface area (Å²) in [4.78, 5) is 28.5. The van der Waals surface area contributed by atoms with Crippen molar-refractivity contribution in [1.82, 2.24) is 10.3 Å². The fourth-order valence-electron chi connectivity index (χ4n) is 5.84. The van der Waals surface area contributed by atoms with Gasteiger partial charge in [-0.25, -0.2) is 18.0 Å². The minimum atomic E-state index is -3.92. The Labute approximate surface area is 336 Å². The van der Waals surface area contributed by atoms with Gasteiger partial charge in [0.25, 0.3) is 17.5 Å². The lowest BCUT2D eigenvalue weighted by Gasteiger charge is -2.28. The summed E-state index contributed by atoms with van der Waals surface area (Å²) in [7, 11) is -3.92. The maximum Gasteiger partial charge on any atom is 0.362 e. The van der Waals surface area contributed by atoms with Gasteiger partial charge in [-0.05, 0) is 36.5 Å². The Hall–Kier alpha value is -3.63. The van der Waals surface area contributed by atoms with Gasteiger partial charge in [-0.1, -0.05) is 102 Å². The third-order valence-corrected chi connectivity index (χ3v) is 9.39. The summed E-state index contributed by atoms with van der Waals surface area (Å²) in [5.41, 5.74) is 0.175. The zero-order valence-electron chi connectivity index (χ0n) is 33.4. The number of hydrogen-bond donors (Lipinski definition) is 0. The molecule has 0 aliphatic heterocycles. The third kappa shape index (κ3) is 23.4. The van der Waals surface area contributed by atoms with Gasteiger partial charge in [0.15, 0.2) is 12.3 Å². The van der Waals surface area contributed by atoms with Crippen molar-refractivity contribution in [2.75, 3.05) is 26.1 Å². The van der Waals surface area contributed by atoms with Crippen molar-refractivity contribution in [1.29, 1.82) is 0 Å². The Morgan fingerprint density at radius 3 is 2.16 bits per heavy atom. The zero-order chi connectivity index (χ0) is 40.7. The first-order valence-electron chi connectivity index (χ1n) is 20.0. The number of isocyanates is 1. The number of unbranched alkanes of at least 4 members (excludes halogenated alkanes) is 15. The average molecular weight is 827 g/mol. The number of aromatic nitrogens is 3. The molecule has 15 nitrogen and oxygen atoms in total. The highest BCUT2D eigenvalue weighted by Gasteiger charge is 2.42. The van der Waals surface area contributed by atoms with E-state index in [2.05, 4.69) is 26.8 Å². The second kappa shape index (κ2) is 29.6. The van der Waals surface area contributed by atoms with Crippen molar-refractivity contribution in [3.63, 3.8) is 0 Å². The molecule has 0 aliphatic carbocycles. The fraction of sp³-hybridized carbons (Fsp3) is 0.718. The lowest BCUT2D eigenvalue weighted by atomic mass is 10.0. The van der Waals surface area contributed by atoms with Crippen LogP contribution in [0.25, 0.3) is 0 Å². The molecule has 2 unspecified atom stereocenters. The highest BCUT2D eigenvalue weighted by atomic mass is 32.2. The maximum absolute atomic E-state index is 13.1. The molecule has 0 saturated heterocycles. The molecule has 0 fully saturated rings. The SMILES string of the molecule is CCCCCCCCCCCCCCCCc1cc(OCC(COC(CCCCC[n+]2ccsc2)(N=C=O)C(=O)OCC)Oc2ccon2)no1.CS(=O)(=O)[O-]. The Kier molecular flexibility index (Phi) is 25.6. The smallest absolute Gasteiger partial charge is 0.362 e. The number of ether oxygens (including phenoxy) is 4. The van der Waals surface area contributed by atoms with Gasteiger partial charge < -0.3 is 32.5 Å². The minimum absolute atomic E-state index is 0.0146. The topological polar surface area (TPSA) is 197 Å². The van der Waals surface area contributed by atoms with Crippen LogP contribution in [0.1, 0.15) is 135 Å². The van der Waals surface area contributed by atoms with Gasteiger partial charge in [0.1, 0.15) is 25.2 Å². The van der Waals surface area contributed by atoms with Gasteiger partial charge in [-0.15, -0.1) is 0 Å². The Bertz CT molecular complexity index is 1550. The molecule has 0 bridgehead atoms. The first kappa shape index (κ1) is 48.5. The molecule has 316 valence electrons. The summed E-state index contributed by atoms with van der Waals surface area (Å²) in [6.45, 7) is 4.71. The molecule has 3 aromatic rings. The summed E-state index contributed by atoms with van der Waals surface area (Å²) in [6, 6.07) is 3.33. The number of nitrogens with zero attached hydrogens (tertiary/aromatic N) is 4. The molecule has 0 aliphatic rings. The van der Waals surface area contributed by atoms with Crippen LogP contribution in [0.15, 0.2) is 49.5 Å². The summed E-state index contributed by atoms with van der Waals surface area (Å²) in [5.74, 6) is 0.520. The lowest BCUT2D eigenvalue weighted by molar-refractivity contribution is -0.692. The van der Waals surface area contributed by atoms with Gasteiger partial charge >= 0.3 is 5.97 Å². The van der Waals surface area contributed by atoms with Crippen LogP contribution in [0.5, 0.6) is 11.8 Å². The van der Waals surface area contributed by atoms with Crippen LogP contribution in [0.2, 0.25) is 0 Å². The normalized spacial score (nSPS) is 12.9. The van der Waals surface area contributed by atoms with Crippen molar-refractivity contribution >= 4 is 33.5 Å². The van der Waals surface area contributed by atoms with Crippen LogP contribution in [0.3, 0.4) is 0 Å². The van der Waals surface area contributed by atoms with Crippen molar-refractivity contribution in [2.24, 2.45) is 4.99 Å². The number of aliphatic imine (C=N–C) groups is 1. The molecule has 0 amide bonds. The average Bonchev–Trinajstić information content (AvgIpc) is 3.97. The number of esters is 1. The Morgan fingerprint density at radius 2 is 1.59 bits per heavy atom. The van der Waals surface area contributed by atoms with Crippen LogP contribution < -0.4 is 14.0 Å². The van der Waals surface area contributed by atoms with Gasteiger partial charge in [0, 0.05) is 37.7 Å². The van der Waals surface area contributed by atoms with Crippen LogP contribution in [0.4, 0.5) is 0 Å². The van der Waals surface area contributed by atoms with Crippen LogP contribution >= 0.6 is 11.3 Å². The van der Waals surface area contributed by atoms with E-state index >= 15 is 0 Å². The van der Waals surface area contributed by atoms with Crippen molar-refractivity contribution in [2.45, 2.75) is 154 Å². The largest absolute Gasteiger partial charge is 0.748 e. The van der Waals surface area contributed by atoms with E-state index < -0.39 is 27.9 Å². The summed E-state index contributed by atoms with van der Waals surface area (Å²) in [5, 5.41) is 9.90. The number of carbonyl (C=O) groups is 1. The van der Waals surface area contributed by atoms with E-state index in [-0.39, 0.29) is 32.1 Å². The molecule has 0 aromatic carbocycles. The number of thiazole rings is 1. The van der Waals surface area contributed by atoms with Crippen molar-refractivity contribution in [3.05, 3.63) is 41.2 Å². The van der Waals surface area contributed by atoms with E-state index in [9.17, 15) is 9.59 Å². The number of hydrogen-bond acceptors (Lipinski definition) is 15. The number of aryl methyl sites for hydroxylation is 2. The monoisotopic (exact) mass is 826 g/mol. The number of carbonyl (C=O) groups excluding carboxylic acids is 2. The van der Waals surface area contributed by atoms with Gasteiger partial charge in [0.05, 0.1) is 28.7 Å². The predicted molar refractivity (Wildman–Crippen MR) is 209 cm³/mol. The first-order valence-corrected chi connectivity index (χ1v) is 22.7. The van der Waals surface area contributed by atoms with E-state index in [0.717, 1.165) is 44.4 Å². The molecular formula is C39H62N4O11S2. The van der Waals surface area contributed by atoms with E-state index in [1.54, 1.807) is 30.4 Å². The molecular weight excluding hydrogens is 765 g/mol. The Balaban J connectivity index is 0.00000203. The van der Waals surface area contributed by atoms with E-state index in [0.29, 0.717) is 18.6 Å². The van der Waals surface area contributed by atoms with Crippen LogP contribution in [-0.2, 0) is 42.1 Å². The molecule has 3 heterocycles. The standard InChI is InChI=1S/C38H59N4O8S.CH4O3S/c1-3-5-6-7-8-9-10-11-12-13-14-15-16-18-21-33-28-36(41-50-33)46-29-34(49-35-22-26-48-40-35)30-47-38(39-31-43,37(44)45-4-2)23-19-17-20-24-42-25-27-51-32-42;1-5(2,3)4/h22,25-28,32,34H,3-21,23-24,29-30H2,1-2H3;1H3,(H,2,3,4)/q+1;/p-1. The van der Waals surface area contributed by atoms with Crippen molar-refractivity contribution < 1.29 is 55.1 Å². The quantitative estimate of drug-likeness (QED) is 0.0147. The third-order valence-electron chi connectivity index (χ3n) is 8.72. The zero-order valence-corrected chi connectivity index (χ0v) is 35.0. The van der Waals surface area contributed by atoms with Crippen molar-refractivity contribution in [3.8, 4) is 11.8 Å². The second-order valence-corrected chi connectivity index (χ2v) is 15.8. The molecule has 0 saturated carbocycles. The molecule has 0 spiro atoms. The van der Waals surface area contributed by atoms with Crippen LogP contribution in [-0.4, -0.2) is 73.2 Å². The van der Waals surface area contributed by atoms with Crippen LogP contribution in [0, 0.1) is 0 Å². The summed E-state index contributed by atoms with van der Waals surface area (Å²) >= 11 is 1.63. The molecule has 3 rings (SSSR count). The lowest BCUT2D eigenvalue weighted by Crippen LogP contribution is -2.45. The van der Waals surface area contributed by atoms with Gasteiger partial charge in [0.2, 0.25) is 11.6 Å². The van der Waals surface area contributed by atoms with E-state index in [4.69, 9.17) is 41.0 Å². The van der Waals surface area contributed by atoms with Gasteiger partial charge in [-0.3, -0.25) is 0 Å². The molecule has 3 aromatic heterocycles. The molecule has 2 atom stereocenters. The molecule has 56 heavy (non-hydrogen) atoms. The maximum atomic E-state index is 13.1. The minimum Gasteiger partial charge on any atom is -0.748 e. The highest BCUT2D eigenvalue weighted by molar-refractivity contribution is 7.84. The second-order valence-electron chi connectivity index (χ2n) is 13.7. The fourth-order valence-corrected chi connectivity index (χ4v) is 6.47. The predicted octanol–water partition coefficient (Wildman–Crippen LogP) is 7.90. The molecule has 0 N–H and O–H groups in total. The summed E-state index contributed by atoms with van der Waals surface area (Å²) < 4.78 is 62.9.